The molecular weight excluding hydrogens is 268 g/mol. The number of nitrogens with two attached hydrogens (primary N) is 1. The van der Waals surface area contributed by atoms with Crippen LogP contribution in [0.2, 0.25) is 0 Å². The molecule has 0 radical (unpaired) electrons. The monoisotopic (exact) mass is 300 g/mol. The number of aliphatic carboxylic acids is 1. The molecule has 0 aromatic carbocycles. The molecule has 0 aromatic heterocycles. The maximum Gasteiger partial charge on any atom is 0.311 e. The van der Waals surface area contributed by atoms with Gasteiger partial charge in [-0.25, -0.2) is 0 Å². The van der Waals surface area contributed by atoms with Crippen LogP contribution in [-0.2, 0) is 9.59 Å². The second-order valence-corrected chi connectivity index (χ2v) is 7.18. The van der Waals surface area contributed by atoms with Crippen molar-refractivity contribution in [1.29, 1.82) is 0 Å². The van der Waals surface area contributed by atoms with Gasteiger partial charge in [-0.05, 0) is 44.1 Å². The quantitative estimate of drug-likeness (QED) is 0.609. The average molecular weight is 300 g/mol. The number of amides is 1. The molecule has 5 heteroatoms. The van der Waals surface area contributed by atoms with E-state index in [1.165, 1.54) is 0 Å². The fourth-order valence-electron chi connectivity index (χ4n) is 2.25. The van der Waals surface area contributed by atoms with Crippen molar-refractivity contribution in [3.63, 3.8) is 0 Å². The van der Waals surface area contributed by atoms with Crippen LogP contribution in [0.25, 0.3) is 0 Å². The Labute approximate surface area is 128 Å². The summed E-state index contributed by atoms with van der Waals surface area (Å²) in [5.41, 5.74) is 4.86. The van der Waals surface area contributed by atoms with Gasteiger partial charge in [0.05, 0.1) is 5.41 Å². The van der Waals surface area contributed by atoms with Crippen molar-refractivity contribution in [2.24, 2.45) is 22.5 Å². The summed E-state index contributed by atoms with van der Waals surface area (Å²) >= 11 is 0. The maximum absolute atomic E-state index is 11.9. The number of carbonyl (C=O) groups is 2. The van der Waals surface area contributed by atoms with Gasteiger partial charge in [0.15, 0.2) is 0 Å². The SMILES string of the molecule is CCC(C)(CNC(=O)CCC(CCN)C(C)(C)C)C(=O)O. The Bertz CT molecular complexity index is 350. The van der Waals surface area contributed by atoms with Gasteiger partial charge in [-0.2, -0.15) is 0 Å². The number of nitrogens with one attached hydrogen (secondary N) is 1. The summed E-state index contributed by atoms with van der Waals surface area (Å²) in [5.74, 6) is -0.562. The van der Waals surface area contributed by atoms with Gasteiger partial charge in [0, 0.05) is 13.0 Å². The van der Waals surface area contributed by atoms with Gasteiger partial charge >= 0.3 is 5.97 Å². The van der Waals surface area contributed by atoms with Gasteiger partial charge in [0.2, 0.25) is 5.91 Å². The van der Waals surface area contributed by atoms with E-state index < -0.39 is 11.4 Å². The Hall–Kier alpha value is -1.10. The lowest BCUT2D eigenvalue weighted by molar-refractivity contribution is -0.148. The number of hydrogen-bond acceptors (Lipinski definition) is 3. The third kappa shape index (κ3) is 6.93. The third-order valence-electron chi connectivity index (χ3n) is 4.43. The van der Waals surface area contributed by atoms with Crippen molar-refractivity contribution in [3.8, 4) is 0 Å². The number of carboxylic acid groups (broad SMARTS) is 1. The van der Waals surface area contributed by atoms with E-state index in [2.05, 4.69) is 26.1 Å². The molecule has 5 nitrogen and oxygen atoms in total. The van der Waals surface area contributed by atoms with Gasteiger partial charge in [0.25, 0.3) is 0 Å². The van der Waals surface area contributed by atoms with E-state index in [4.69, 9.17) is 5.73 Å². The van der Waals surface area contributed by atoms with Crippen LogP contribution in [0.4, 0.5) is 0 Å². The molecule has 0 fully saturated rings. The molecule has 2 atom stereocenters. The molecule has 0 spiro atoms. The van der Waals surface area contributed by atoms with Gasteiger partial charge in [-0.1, -0.05) is 27.7 Å². The van der Waals surface area contributed by atoms with Crippen molar-refractivity contribution in [3.05, 3.63) is 0 Å². The van der Waals surface area contributed by atoms with E-state index in [1.54, 1.807) is 6.92 Å². The molecule has 0 aliphatic rings. The zero-order valence-corrected chi connectivity index (χ0v) is 14.2. The van der Waals surface area contributed by atoms with Crippen molar-refractivity contribution in [2.45, 2.75) is 60.3 Å². The first-order valence-corrected chi connectivity index (χ1v) is 7.77. The number of hydrogen-bond donors (Lipinski definition) is 3. The standard InChI is InChI=1S/C16H32N2O3/c1-6-16(5,14(20)21)11-18-13(19)8-7-12(9-10-17)15(2,3)4/h12H,6-11,17H2,1-5H3,(H,18,19)(H,20,21). The molecule has 0 aliphatic carbocycles. The summed E-state index contributed by atoms with van der Waals surface area (Å²) in [6.07, 6.45) is 2.59. The zero-order chi connectivity index (χ0) is 16.7. The third-order valence-corrected chi connectivity index (χ3v) is 4.43. The first kappa shape index (κ1) is 19.9. The van der Waals surface area contributed by atoms with Crippen LogP contribution < -0.4 is 11.1 Å². The highest BCUT2D eigenvalue weighted by molar-refractivity contribution is 5.78. The predicted octanol–water partition coefficient (Wildman–Crippen LogP) is 2.39. The minimum atomic E-state index is -0.893. The Morgan fingerprint density at radius 2 is 1.76 bits per heavy atom. The largest absolute Gasteiger partial charge is 0.481 e. The second kappa shape index (κ2) is 8.37. The van der Waals surface area contributed by atoms with Crippen LogP contribution in [0.1, 0.15) is 60.3 Å². The van der Waals surface area contributed by atoms with E-state index in [-0.39, 0.29) is 17.9 Å². The number of rotatable bonds is 9. The first-order valence-electron chi connectivity index (χ1n) is 7.77. The first-order chi connectivity index (χ1) is 9.56. The van der Waals surface area contributed by atoms with E-state index >= 15 is 0 Å². The average Bonchev–Trinajstić information content (AvgIpc) is 2.39. The lowest BCUT2D eigenvalue weighted by Crippen LogP contribution is -2.40. The van der Waals surface area contributed by atoms with Crippen molar-refractivity contribution in [1.82, 2.24) is 5.32 Å². The zero-order valence-electron chi connectivity index (χ0n) is 14.2. The highest BCUT2D eigenvalue weighted by atomic mass is 16.4. The molecular formula is C16H32N2O3. The van der Waals surface area contributed by atoms with Crippen LogP contribution in [0, 0.1) is 16.7 Å². The lowest BCUT2D eigenvalue weighted by Gasteiger charge is -2.30. The molecule has 21 heavy (non-hydrogen) atoms. The Morgan fingerprint density at radius 1 is 1.19 bits per heavy atom. The van der Waals surface area contributed by atoms with E-state index in [9.17, 15) is 14.7 Å². The summed E-state index contributed by atoms with van der Waals surface area (Å²) in [6.45, 7) is 10.7. The summed E-state index contributed by atoms with van der Waals surface area (Å²) in [5, 5.41) is 11.9. The van der Waals surface area contributed by atoms with Gasteiger partial charge in [-0.15, -0.1) is 0 Å². The highest BCUT2D eigenvalue weighted by Gasteiger charge is 2.31. The Balaban J connectivity index is 4.35. The molecule has 0 aliphatic heterocycles. The van der Waals surface area contributed by atoms with Crippen molar-refractivity contribution >= 4 is 11.9 Å². The van der Waals surface area contributed by atoms with E-state index in [1.807, 2.05) is 6.92 Å². The normalized spacial score (nSPS) is 16.1. The summed E-state index contributed by atoms with van der Waals surface area (Å²) in [6, 6.07) is 0. The van der Waals surface area contributed by atoms with E-state index in [0.29, 0.717) is 25.3 Å². The topological polar surface area (TPSA) is 92.4 Å². The molecule has 124 valence electrons. The smallest absolute Gasteiger partial charge is 0.311 e. The molecule has 0 heterocycles. The van der Waals surface area contributed by atoms with E-state index in [0.717, 1.165) is 12.8 Å². The Kier molecular flexibility index (Phi) is 7.93. The van der Waals surface area contributed by atoms with Crippen molar-refractivity contribution < 1.29 is 14.7 Å². The predicted molar refractivity (Wildman–Crippen MR) is 84.9 cm³/mol. The fourth-order valence-corrected chi connectivity index (χ4v) is 2.25. The summed E-state index contributed by atoms with van der Waals surface area (Å²) in [7, 11) is 0. The van der Waals surface area contributed by atoms with Crippen LogP contribution in [0.15, 0.2) is 0 Å². The fraction of sp³-hybridized carbons (Fsp3) is 0.875. The molecule has 0 saturated carbocycles. The molecule has 4 N–H and O–H groups in total. The van der Waals surface area contributed by atoms with Gasteiger partial charge in [0.1, 0.15) is 0 Å². The van der Waals surface area contributed by atoms with Gasteiger partial charge in [-0.3, -0.25) is 9.59 Å². The number of carbonyl (C=O) groups excluding carboxylic acids is 1. The molecule has 0 aromatic rings. The molecule has 0 rings (SSSR count). The Morgan fingerprint density at radius 3 is 2.14 bits per heavy atom. The van der Waals surface area contributed by atoms with Gasteiger partial charge < -0.3 is 16.2 Å². The van der Waals surface area contributed by atoms with Crippen LogP contribution >= 0.6 is 0 Å². The highest BCUT2D eigenvalue weighted by Crippen LogP contribution is 2.32. The summed E-state index contributed by atoms with van der Waals surface area (Å²) in [4.78, 5) is 23.1. The molecule has 2 unspecified atom stereocenters. The van der Waals surface area contributed by atoms with Crippen LogP contribution in [0.3, 0.4) is 0 Å². The molecule has 1 amide bonds. The number of carboxylic acids is 1. The maximum atomic E-state index is 11.9. The summed E-state index contributed by atoms with van der Waals surface area (Å²) < 4.78 is 0. The molecule has 0 bridgehead atoms. The molecule has 0 saturated heterocycles. The minimum absolute atomic E-state index is 0.0813. The lowest BCUT2D eigenvalue weighted by atomic mass is 9.76. The second-order valence-electron chi connectivity index (χ2n) is 7.18. The van der Waals surface area contributed by atoms with Crippen molar-refractivity contribution in [2.75, 3.05) is 13.1 Å². The minimum Gasteiger partial charge on any atom is -0.481 e. The van der Waals surface area contributed by atoms with Crippen LogP contribution in [-0.4, -0.2) is 30.1 Å². The van der Waals surface area contributed by atoms with Crippen LogP contribution in [0.5, 0.6) is 0 Å².